The molecule has 2 aliphatic rings. The lowest BCUT2D eigenvalue weighted by molar-refractivity contribution is -0.138. The van der Waals surface area contributed by atoms with Gasteiger partial charge >= 0.3 is 11.9 Å². The van der Waals surface area contributed by atoms with Crippen molar-refractivity contribution in [3.8, 4) is 11.5 Å². The Hall–Kier alpha value is -2.23. The highest BCUT2D eigenvalue weighted by Crippen LogP contribution is 2.55. The number of fused-ring (bicyclic) bond motifs is 3. The van der Waals surface area contributed by atoms with E-state index in [0.29, 0.717) is 49.0 Å². The van der Waals surface area contributed by atoms with Gasteiger partial charge in [-0.25, -0.2) is 4.79 Å². The van der Waals surface area contributed by atoms with Crippen LogP contribution < -0.4 is 10.5 Å². The van der Waals surface area contributed by atoms with Crippen LogP contribution in [0.4, 0.5) is 0 Å². The lowest BCUT2D eigenvalue weighted by Crippen LogP contribution is -2.46. The molecule has 1 aliphatic heterocycles. The van der Waals surface area contributed by atoms with Crippen molar-refractivity contribution in [3.05, 3.63) is 34.9 Å². The van der Waals surface area contributed by atoms with Crippen molar-refractivity contribution >= 4 is 23.7 Å². The maximum atomic E-state index is 11.7. The molecule has 0 saturated heterocycles. The quantitative estimate of drug-likeness (QED) is 0.277. The van der Waals surface area contributed by atoms with Gasteiger partial charge in [-0.15, -0.1) is 0 Å². The van der Waals surface area contributed by atoms with Gasteiger partial charge in [-0.2, -0.15) is 11.8 Å². The van der Waals surface area contributed by atoms with E-state index in [-0.39, 0.29) is 28.6 Å². The van der Waals surface area contributed by atoms with E-state index in [1.165, 1.54) is 11.8 Å². The minimum atomic E-state index is -1.05. The Morgan fingerprint density at radius 1 is 1.27 bits per heavy atom. The summed E-state index contributed by atoms with van der Waals surface area (Å²) in [5.41, 5.74) is 6.63. The maximum Gasteiger partial charge on any atom is 0.331 e. The van der Waals surface area contributed by atoms with Crippen molar-refractivity contribution in [2.75, 3.05) is 5.75 Å². The number of allylic oxidation sites excluding steroid dienone is 1. The molecule has 3 rings (SSSR count). The van der Waals surface area contributed by atoms with E-state index in [2.05, 4.69) is 13.8 Å². The number of carboxylic acids is 2. The number of carboxylic acid groups (broad SMARTS) is 2. The first-order valence-electron chi connectivity index (χ1n) is 12.9. The molecule has 5 atom stereocenters. The third-order valence-electron chi connectivity index (χ3n) is 8.06. The Morgan fingerprint density at radius 2 is 1.95 bits per heavy atom. The molecule has 1 aliphatic carbocycles. The van der Waals surface area contributed by atoms with Crippen LogP contribution in [0.25, 0.3) is 0 Å². The molecule has 9 heteroatoms. The van der Waals surface area contributed by atoms with Crippen molar-refractivity contribution < 1.29 is 34.8 Å². The number of aliphatic carboxylic acids is 2. The van der Waals surface area contributed by atoms with Gasteiger partial charge in [-0.1, -0.05) is 26.8 Å². The van der Waals surface area contributed by atoms with Crippen LogP contribution >= 0.6 is 11.8 Å². The van der Waals surface area contributed by atoms with Crippen LogP contribution in [-0.2, 0) is 15.0 Å². The van der Waals surface area contributed by atoms with Crippen molar-refractivity contribution in [2.24, 2.45) is 11.7 Å². The van der Waals surface area contributed by atoms with Gasteiger partial charge in [-0.3, -0.25) is 4.79 Å². The molecule has 0 fully saturated rings. The number of rotatable bonds is 11. The van der Waals surface area contributed by atoms with Crippen molar-refractivity contribution in [3.63, 3.8) is 0 Å². The normalized spacial score (nSPS) is 23.1. The topological polar surface area (TPSA) is 150 Å². The van der Waals surface area contributed by atoms with Crippen LogP contribution in [0.5, 0.6) is 11.5 Å². The number of aromatic hydroxyl groups is 1. The third-order valence-corrected chi connectivity index (χ3v) is 9.69. The molecular formula is C28H41NO7S. The van der Waals surface area contributed by atoms with Crippen LogP contribution in [0.3, 0.4) is 0 Å². The van der Waals surface area contributed by atoms with Crippen molar-refractivity contribution in [1.29, 1.82) is 0 Å². The van der Waals surface area contributed by atoms with E-state index in [4.69, 9.17) is 15.6 Å². The minimum Gasteiger partial charge on any atom is -0.508 e. The summed E-state index contributed by atoms with van der Waals surface area (Å²) in [4.78, 5) is 22.7. The zero-order valence-corrected chi connectivity index (χ0v) is 23.2. The van der Waals surface area contributed by atoms with Gasteiger partial charge in [-0.05, 0) is 69.1 Å². The highest BCUT2D eigenvalue weighted by atomic mass is 32.2. The fourth-order valence-corrected chi connectivity index (χ4v) is 6.79. The largest absolute Gasteiger partial charge is 0.508 e. The first-order valence-corrected chi connectivity index (χ1v) is 14.0. The Labute approximate surface area is 223 Å². The molecule has 206 valence electrons. The van der Waals surface area contributed by atoms with E-state index in [9.17, 15) is 24.9 Å². The second-order valence-electron chi connectivity index (χ2n) is 11.5. The minimum absolute atomic E-state index is 0.0562. The molecular weight excluding hydrogens is 494 g/mol. The summed E-state index contributed by atoms with van der Waals surface area (Å²) in [7, 11) is 0. The second kappa shape index (κ2) is 11.3. The fraction of sp³-hybridized carbons (Fsp3) is 0.643. The highest BCUT2D eigenvalue weighted by Gasteiger charge is 2.47. The monoisotopic (exact) mass is 535 g/mol. The average molecular weight is 536 g/mol. The number of nitrogens with two attached hydrogens (primary N) is 1. The molecule has 1 aromatic rings. The number of aliphatic hydroxyl groups is 1. The maximum absolute atomic E-state index is 11.7. The predicted octanol–water partition coefficient (Wildman–Crippen LogP) is 4.41. The average Bonchev–Trinajstić information content (AvgIpc) is 2.81. The first-order chi connectivity index (χ1) is 17.2. The zero-order chi connectivity index (χ0) is 27.7. The van der Waals surface area contributed by atoms with Gasteiger partial charge in [0.15, 0.2) is 0 Å². The molecule has 0 radical (unpaired) electrons. The molecule has 6 N–H and O–H groups in total. The lowest BCUT2D eigenvalue weighted by atomic mass is 9.66. The van der Waals surface area contributed by atoms with Crippen LogP contribution in [0.1, 0.15) is 83.8 Å². The van der Waals surface area contributed by atoms with Gasteiger partial charge in [0.25, 0.3) is 0 Å². The number of thioether (sulfide) groups is 1. The number of phenolic OH excluding ortho intramolecular Hbond substituents is 1. The number of ether oxygens (including phenoxy) is 1. The molecule has 37 heavy (non-hydrogen) atoms. The summed E-state index contributed by atoms with van der Waals surface area (Å²) >= 11 is 1.38. The summed E-state index contributed by atoms with van der Waals surface area (Å²) in [6.45, 7) is 10.1. The molecule has 1 heterocycles. The van der Waals surface area contributed by atoms with Gasteiger partial charge in [0.2, 0.25) is 0 Å². The van der Waals surface area contributed by atoms with Gasteiger partial charge in [0, 0.05) is 34.0 Å². The van der Waals surface area contributed by atoms with Crippen LogP contribution in [0.15, 0.2) is 23.8 Å². The molecule has 0 amide bonds. The fourth-order valence-electron chi connectivity index (χ4n) is 5.60. The highest BCUT2D eigenvalue weighted by molar-refractivity contribution is 8.00. The summed E-state index contributed by atoms with van der Waals surface area (Å²) in [5, 5.41) is 40.4. The first kappa shape index (κ1) is 29.3. The molecule has 2 unspecified atom stereocenters. The molecule has 0 spiro atoms. The summed E-state index contributed by atoms with van der Waals surface area (Å²) in [6, 6.07) is 2.74. The van der Waals surface area contributed by atoms with E-state index in [1.54, 1.807) is 12.1 Å². The SMILES string of the molecule is CCC(SC[C@H](N)C(=O)O)C(O)CCC(C)(C)c1cc(O)c2c(c1)OC(C)(C)[C@@H]1CC=C(C(=O)O)C[C@@H]21. The van der Waals surface area contributed by atoms with E-state index in [0.717, 1.165) is 5.56 Å². The lowest BCUT2D eigenvalue weighted by Gasteiger charge is -2.47. The van der Waals surface area contributed by atoms with E-state index < -0.39 is 35.1 Å². The third kappa shape index (κ3) is 6.44. The summed E-state index contributed by atoms with van der Waals surface area (Å²) in [5.74, 6) is -1.12. The Bertz CT molecular complexity index is 1050. The molecule has 0 bridgehead atoms. The number of hydrogen-bond donors (Lipinski definition) is 5. The smallest absolute Gasteiger partial charge is 0.331 e. The van der Waals surface area contributed by atoms with Crippen molar-refractivity contribution in [2.45, 2.75) is 101 Å². The molecule has 0 saturated carbocycles. The Balaban J connectivity index is 1.79. The summed E-state index contributed by atoms with van der Waals surface area (Å²) < 4.78 is 6.41. The number of benzene rings is 1. The van der Waals surface area contributed by atoms with Gasteiger partial charge < -0.3 is 30.9 Å². The number of carbonyl (C=O) groups is 2. The van der Waals surface area contributed by atoms with Crippen molar-refractivity contribution in [1.82, 2.24) is 0 Å². The van der Waals surface area contributed by atoms with Gasteiger partial charge in [0.05, 0.1) is 6.10 Å². The van der Waals surface area contributed by atoms with E-state index in [1.807, 2.05) is 26.8 Å². The van der Waals surface area contributed by atoms with Crippen LogP contribution in [0.2, 0.25) is 0 Å². The Kier molecular flexibility index (Phi) is 8.92. The Morgan fingerprint density at radius 3 is 2.54 bits per heavy atom. The van der Waals surface area contributed by atoms with Gasteiger partial charge in [0.1, 0.15) is 23.1 Å². The number of aliphatic hydroxyl groups excluding tert-OH is 1. The second-order valence-corrected chi connectivity index (χ2v) is 12.8. The number of hydrogen-bond acceptors (Lipinski definition) is 7. The standard InChI is InChI=1S/C28H41NO7S/c1-6-23(37-14-19(29)26(34)35)20(30)9-10-27(2,3)16-12-21(31)24-17-11-15(25(32)33)7-8-18(17)28(4,5)36-22(24)13-16/h7,12-13,17-20,23,30-31H,6,8-11,14,29H2,1-5H3,(H,32,33)(H,34,35)/t17-,18-,19+,20?,23?/m1/s1. The zero-order valence-electron chi connectivity index (χ0n) is 22.4. The van der Waals surface area contributed by atoms with Crippen LogP contribution in [0, 0.1) is 5.92 Å². The molecule has 0 aromatic heterocycles. The van der Waals surface area contributed by atoms with E-state index >= 15 is 0 Å². The molecule has 1 aromatic carbocycles. The van der Waals surface area contributed by atoms with Crippen LogP contribution in [-0.4, -0.2) is 61.1 Å². The predicted molar refractivity (Wildman–Crippen MR) is 144 cm³/mol. The number of phenols is 1. The molecule has 8 nitrogen and oxygen atoms in total. The summed E-state index contributed by atoms with van der Waals surface area (Å²) in [6.07, 6.45) is 3.91.